The van der Waals surface area contributed by atoms with Gasteiger partial charge in [-0.1, -0.05) is 25.8 Å². The molecule has 4 rings (SSSR count). The smallest absolute Gasteiger partial charge is 0.179 e. The van der Waals surface area contributed by atoms with Crippen molar-refractivity contribution in [2.24, 2.45) is 18.4 Å². The Hall–Kier alpha value is -1.89. The van der Waals surface area contributed by atoms with Crippen molar-refractivity contribution >= 4 is 5.78 Å². The zero-order valence-corrected chi connectivity index (χ0v) is 13.2. The average Bonchev–Trinajstić information content (AvgIpc) is 3.11. The van der Waals surface area contributed by atoms with E-state index in [0.29, 0.717) is 5.57 Å². The number of fused-ring (bicyclic) bond motifs is 4. The molecule has 0 saturated heterocycles. The topological polar surface area (TPSA) is 58.7 Å². The van der Waals surface area contributed by atoms with Crippen molar-refractivity contribution in [1.82, 2.24) is 9.78 Å². The van der Waals surface area contributed by atoms with Crippen molar-refractivity contribution in [1.29, 1.82) is 5.26 Å². The Morgan fingerprint density at radius 1 is 1.41 bits per heavy atom. The largest absolute Gasteiger partial charge is 0.293 e. The SMILES string of the molecule is Cn1cc2c(n1)C1(C)C=C(C#N)C(=O)C3(CCCC3)C1CC2. The first-order valence-electron chi connectivity index (χ1n) is 8.22. The molecule has 1 aromatic heterocycles. The predicted octanol–water partition coefficient (Wildman–Crippen LogP) is 2.83. The summed E-state index contributed by atoms with van der Waals surface area (Å²) in [5.74, 6) is 0.392. The van der Waals surface area contributed by atoms with E-state index in [2.05, 4.69) is 19.2 Å². The van der Waals surface area contributed by atoms with Gasteiger partial charge in [0.05, 0.1) is 11.3 Å². The molecule has 3 aliphatic rings. The summed E-state index contributed by atoms with van der Waals surface area (Å²) in [5, 5.41) is 14.2. The van der Waals surface area contributed by atoms with Gasteiger partial charge >= 0.3 is 0 Å². The maximum Gasteiger partial charge on any atom is 0.179 e. The van der Waals surface area contributed by atoms with Crippen LogP contribution < -0.4 is 0 Å². The minimum absolute atomic E-state index is 0.106. The Morgan fingerprint density at radius 3 is 2.82 bits per heavy atom. The zero-order valence-electron chi connectivity index (χ0n) is 13.2. The molecular weight excluding hydrogens is 274 g/mol. The Labute approximate surface area is 130 Å². The lowest BCUT2D eigenvalue weighted by molar-refractivity contribution is -0.130. The summed E-state index contributed by atoms with van der Waals surface area (Å²) in [5.41, 5.74) is 2.12. The first-order chi connectivity index (χ1) is 10.5. The number of nitriles is 1. The van der Waals surface area contributed by atoms with E-state index in [1.54, 1.807) is 0 Å². The average molecular weight is 295 g/mol. The molecule has 0 radical (unpaired) electrons. The monoisotopic (exact) mass is 295 g/mol. The molecule has 22 heavy (non-hydrogen) atoms. The van der Waals surface area contributed by atoms with Crippen LogP contribution in [0.1, 0.15) is 50.3 Å². The molecule has 2 atom stereocenters. The third-order valence-corrected chi connectivity index (χ3v) is 6.27. The van der Waals surface area contributed by atoms with Gasteiger partial charge in [-0.25, -0.2) is 0 Å². The van der Waals surface area contributed by atoms with E-state index in [-0.39, 0.29) is 22.5 Å². The molecule has 3 aliphatic carbocycles. The van der Waals surface area contributed by atoms with Crippen LogP contribution >= 0.6 is 0 Å². The van der Waals surface area contributed by atoms with Crippen LogP contribution in [0.3, 0.4) is 0 Å². The Kier molecular flexibility index (Phi) is 2.70. The Bertz CT molecular complexity index is 730. The molecule has 1 spiro atoms. The Morgan fingerprint density at radius 2 is 2.14 bits per heavy atom. The molecule has 0 bridgehead atoms. The minimum atomic E-state index is -0.316. The second-order valence-electron chi connectivity index (χ2n) is 7.41. The number of aromatic nitrogens is 2. The quantitative estimate of drug-likeness (QED) is 0.739. The lowest BCUT2D eigenvalue weighted by Gasteiger charge is -2.50. The van der Waals surface area contributed by atoms with Gasteiger partial charge in [0.15, 0.2) is 5.78 Å². The molecule has 1 heterocycles. The number of carbonyl (C=O) groups excluding carboxylic acids is 1. The highest BCUT2D eigenvalue weighted by Gasteiger charge is 2.59. The van der Waals surface area contributed by atoms with Crippen molar-refractivity contribution in [2.75, 3.05) is 0 Å². The van der Waals surface area contributed by atoms with E-state index in [0.717, 1.165) is 44.2 Å². The van der Waals surface area contributed by atoms with Crippen LogP contribution in [0.5, 0.6) is 0 Å². The molecule has 0 amide bonds. The highest BCUT2D eigenvalue weighted by molar-refractivity contribution is 6.05. The number of hydrogen-bond acceptors (Lipinski definition) is 3. The molecule has 0 aliphatic heterocycles. The van der Waals surface area contributed by atoms with Crippen LogP contribution in [0.2, 0.25) is 0 Å². The first-order valence-corrected chi connectivity index (χ1v) is 8.22. The first kappa shape index (κ1) is 13.8. The number of aryl methyl sites for hydroxylation is 2. The highest BCUT2D eigenvalue weighted by Crippen LogP contribution is 2.60. The molecule has 1 saturated carbocycles. The van der Waals surface area contributed by atoms with Crippen LogP contribution in [0.15, 0.2) is 17.8 Å². The summed E-state index contributed by atoms with van der Waals surface area (Å²) in [6.45, 7) is 2.19. The van der Waals surface area contributed by atoms with Gasteiger partial charge in [-0.2, -0.15) is 10.4 Å². The van der Waals surface area contributed by atoms with Gasteiger partial charge in [-0.15, -0.1) is 0 Å². The predicted molar refractivity (Wildman–Crippen MR) is 82.0 cm³/mol. The maximum absolute atomic E-state index is 13.0. The summed E-state index contributed by atoms with van der Waals surface area (Å²) in [6, 6.07) is 2.18. The molecule has 1 fully saturated rings. The van der Waals surface area contributed by atoms with Gasteiger partial charge in [-0.05, 0) is 37.2 Å². The van der Waals surface area contributed by atoms with Gasteiger partial charge in [0.1, 0.15) is 6.07 Å². The van der Waals surface area contributed by atoms with E-state index < -0.39 is 0 Å². The molecule has 114 valence electrons. The molecule has 4 heteroatoms. The number of nitrogens with zero attached hydrogens (tertiary/aromatic N) is 3. The molecular formula is C18H21N3O. The van der Waals surface area contributed by atoms with Crippen LogP contribution in [0.25, 0.3) is 0 Å². The van der Waals surface area contributed by atoms with Gasteiger partial charge in [0.2, 0.25) is 0 Å². The van der Waals surface area contributed by atoms with Crippen molar-refractivity contribution in [3.05, 3.63) is 29.1 Å². The van der Waals surface area contributed by atoms with E-state index in [9.17, 15) is 10.1 Å². The van der Waals surface area contributed by atoms with Crippen LogP contribution in [0, 0.1) is 22.7 Å². The van der Waals surface area contributed by atoms with Gasteiger partial charge in [0, 0.05) is 24.1 Å². The molecule has 4 nitrogen and oxygen atoms in total. The number of allylic oxidation sites excluding steroid dienone is 2. The fourth-order valence-electron chi connectivity index (χ4n) is 5.41. The van der Waals surface area contributed by atoms with Crippen molar-refractivity contribution in [2.45, 2.75) is 50.9 Å². The van der Waals surface area contributed by atoms with Crippen molar-refractivity contribution in [3.8, 4) is 6.07 Å². The second-order valence-corrected chi connectivity index (χ2v) is 7.41. The third-order valence-electron chi connectivity index (χ3n) is 6.27. The molecule has 0 N–H and O–H groups in total. The Balaban J connectivity index is 1.97. The van der Waals surface area contributed by atoms with Crippen LogP contribution in [-0.4, -0.2) is 15.6 Å². The molecule has 0 aromatic carbocycles. The highest BCUT2D eigenvalue weighted by atomic mass is 16.1. The van der Waals surface area contributed by atoms with E-state index >= 15 is 0 Å². The fourth-order valence-corrected chi connectivity index (χ4v) is 5.41. The van der Waals surface area contributed by atoms with Gasteiger partial charge in [-0.3, -0.25) is 9.48 Å². The number of Topliss-reactive ketones (excluding diaryl/α,β-unsaturated/α-hetero) is 1. The summed E-state index contributed by atoms with van der Waals surface area (Å²) in [4.78, 5) is 13.0. The summed E-state index contributed by atoms with van der Waals surface area (Å²) >= 11 is 0. The van der Waals surface area contributed by atoms with Gasteiger partial charge in [0.25, 0.3) is 0 Å². The number of rotatable bonds is 0. The van der Waals surface area contributed by atoms with Crippen LogP contribution in [-0.2, 0) is 23.7 Å². The second kappa shape index (κ2) is 4.32. The summed E-state index contributed by atoms with van der Waals surface area (Å²) in [7, 11) is 1.95. The van der Waals surface area contributed by atoms with Crippen molar-refractivity contribution < 1.29 is 4.79 Å². The van der Waals surface area contributed by atoms with E-state index in [1.165, 1.54) is 5.56 Å². The summed E-state index contributed by atoms with van der Waals surface area (Å²) < 4.78 is 1.87. The van der Waals surface area contributed by atoms with Crippen LogP contribution in [0.4, 0.5) is 0 Å². The van der Waals surface area contributed by atoms with E-state index in [4.69, 9.17) is 5.10 Å². The molecule has 2 unspecified atom stereocenters. The zero-order chi connectivity index (χ0) is 15.5. The van der Waals surface area contributed by atoms with Gasteiger partial charge < -0.3 is 0 Å². The lowest BCUT2D eigenvalue weighted by Crippen LogP contribution is -2.52. The van der Waals surface area contributed by atoms with E-state index in [1.807, 2.05) is 17.8 Å². The third kappa shape index (κ3) is 1.52. The summed E-state index contributed by atoms with van der Waals surface area (Å²) in [6.07, 6.45) is 10.1. The lowest BCUT2D eigenvalue weighted by atomic mass is 9.50. The fraction of sp³-hybridized carbons (Fsp3) is 0.611. The number of ketones is 1. The molecule has 1 aromatic rings. The standard InChI is InChI=1S/C18H21N3O/c1-17-9-13(10-19)16(22)18(7-3-4-8-18)14(17)6-5-12-11-21(2)20-15(12)17/h9,11,14H,3-8H2,1-2H3. The maximum atomic E-state index is 13.0. The normalized spacial score (nSPS) is 32.3. The number of hydrogen-bond donors (Lipinski definition) is 0. The minimum Gasteiger partial charge on any atom is -0.293 e. The van der Waals surface area contributed by atoms with Crippen molar-refractivity contribution in [3.63, 3.8) is 0 Å². The number of carbonyl (C=O) groups is 1.